The van der Waals surface area contributed by atoms with Gasteiger partial charge in [0.05, 0.1) is 19.3 Å². The summed E-state index contributed by atoms with van der Waals surface area (Å²) >= 11 is 5.49. The number of thiocarbonyl (C=S) groups is 1. The molecule has 3 aliphatic heterocycles. The van der Waals surface area contributed by atoms with E-state index in [-0.39, 0.29) is 35.8 Å². The van der Waals surface area contributed by atoms with Gasteiger partial charge in [-0.2, -0.15) is 0 Å². The Morgan fingerprint density at radius 1 is 1.20 bits per heavy atom. The van der Waals surface area contributed by atoms with E-state index in [4.69, 9.17) is 17.0 Å². The third kappa shape index (κ3) is 7.57. The Labute approximate surface area is 211 Å². The van der Waals surface area contributed by atoms with E-state index in [0.717, 1.165) is 45.0 Å². The summed E-state index contributed by atoms with van der Waals surface area (Å²) in [6.45, 7) is 6.75. The number of halogens is 1. The average Bonchev–Trinajstić information content (AvgIpc) is 3.28. The molecular weight excluding hydrogens is 471 g/mol. The Morgan fingerprint density at radius 3 is 2.74 bits per heavy atom. The van der Waals surface area contributed by atoms with Gasteiger partial charge in [-0.1, -0.05) is 12.1 Å². The fourth-order valence-electron chi connectivity index (χ4n) is 4.93. The Balaban J connectivity index is 1.18. The van der Waals surface area contributed by atoms with Crippen LogP contribution in [0.1, 0.15) is 24.8 Å². The van der Waals surface area contributed by atoms with Gasteiger partial charge in [0.15, 0.2) is 5.11 Å². The molecule has 192 valence electrons. The number of fused-ring (bicyclic) bond motifs is 1. The molecule has 3 fully saturated rings. The zero-order chi connectivity index (χ0) is 24.6. The Hall–Kier alpha value is -2.34. The maximum Gasteiger partial charge on any atom is 0.237 e. The van der Waals surface area contributed by atoms with Crippen LogP contribution in [0.25, 0.3) is 0 Å². The van der Waals surface area contributed by atoms with Crippen molar-refractivity contribution in [3.05, 3.63) is 35.6 Å². The second-order valence-electron chi connectivity index (χ2n) is 9.34. The maximum atomic E-state index is 13.0. The third-order valence-corrected chi connectivity index (χ3v) is 7.15. The quantitative estimate of drug-likeness (QED) is 0.347. The molecule has 4 N–H and O–H groups in total. The molecule has 0 aromatic heterocycles. The minimum absolute atomic E-state index is 0.0394. The molecule has 3 saturated heterocycles. The summed E-state index contributed by atoms with van der Waals surface area (Å²) in [7, 11) is 0. The standard InChI is InChI=1S/C24H35FN6O3S/c25-18-3-1-17(2-4-18)14-27-22(32)6-5-20-15-28-23(33)21-13-19(16-31(20)21)29-24(35)26-7-8-30-9-11-34-12-10-30/h1-4,19-21H,5-16H2,(H,27,32)(H,28,33)(H2,26,29,35)/t19-,20+,21-/m0/s1. The molecule has 0 bridgehead atoms. The number of nitrogens with zero attached hydrogens (tertiary/aromatic N) is 2. The number of rotatable bonds is 9. The summed E-state index contributed by atoms with van der Waals surface area (Å²) in [4.78, 5) is 29.4. The number of carbonyl (C=O) groups excluding carboxylic acids is 2. The number of benzene rings is 1. The lowest BCUT2D eigenvalue weighted by molar-refractivity contribution is -0.129. The smallest absolute Gasteiger partial charge is 0.237 e. The highest BCUT2D eigenvalue weighted by Crippen LogP contribution is 2.25. The van der Waals surface area contributed by atoms with Crippen LogP contribution in [0.15, 0.2) is 24.3 Å². The van der Waals surface area contributed by atoms with E-state index in [1.54, 1.807) is 12.1 Å². The number of morpholine rings is 1. The van der Waals surface area contributed by atoms with E-state index in [1.165, 1.54) is 12.1 Å². The number of nitrogens with one attached hydrogen (secondary N) is 4. The van der Waals surface area contributed by atoms with Gasteiger partial charge in [-0.3, -0.25) is 19.4 Å². The minimum atomic E-state index is -0.295. The monoisotopic (exact) mass is 506 g/mol. The summed E-state index contributed by atoms with van der Waals surface area (Å²) in [5.74, 6) is -0.309. The molecule has 11 heteroatoms. The van der Waals surface area contributed by atoms with Crippen LogP contribution >= 0.6 is 12.2 Å². The molecule has 35 heavy (non-hydrogen) atoms. The van der Waals surface area contributed by atoms with Gasteiger partial charge < -0.3 is 26.0 Å². The van der Waals surface area contributed by atoms with Gasteiger partial charge in [0.25, 0.3) is 0 Å². The van der Waals surface area contributed by atoms with E-state index >= 15 is 0 Å². The van der Waals surface area contributed by atoms with Crippen LogP contribution in [-0.2, 0) is 20.9 Å². The summed E-state index contributed by atoms with van der Waals surface area (Å²) in [6, 6.07) is 6.08. The maximum absolute atomic E-state index is 13.0. The van der Waals surface area contributed by atoms with Crippen LogP contribution in [0.2, 0.25) is 0 Å². The highest BCUT2D eigenvalue weighted by atomic mass is 32.1. The zero-order valence-corrected chi connectivity index (χ0v) is 20.7. The largest absolute Gasteiger partial charge is 0.379 e. The van der Waals surface area contributed by atoms with E-state index in [0.29, 0.717) is 44.0 Å². The van der Waals surface area contributed by atoms with Crippen LogP contribution in [0, 0.1) is 5.82 Å². The van der Waals surface area contributed by atoms with Gasteiger partial charge in [-0.25, -0.2) is 4.39 Å². The molecule has 0 radical (unpaired) electrons. The first-order valence-corrected chi connectivity index (χ1v) is 12.8. The predicted molar refractivity (Wildman–Crippen MR) is 134 cm³/mol. The zero-order valence-electron chi connectivity index (χ0n) is 19.9. The summed E-state index contributed by atoms with van der Waals surface area (Å²) < 4.78 is 18.4. The molecular formula is C24H35FN6O3S. The number of ether oxygens (including phenoxy) is 1. The van der Waals surface area contributed by atoms with Crippen molar-refractivity contribution < 1.29 is 18.7 Å². The highest BCUT2D eigenvalue weighted by molar-refractivity contribution is 7.80. The molecule has 0 spiro atoms. The number of hydrogen-bond acceptors (Lipinski definition) is 6. The number of hydrogen-bond donors (Lipinski definition) is 4. The molecule has 4 rings (SSSR count). The Kier molecular flexibility index (Phi) is 9.25. The van der Waals surface area contributed by atoms with Gasteiger partial charge in [-0.15, -0.1) is 0 Å². The number of amides is 2. The lowest BCUT2D eigenvalue weighted by Gasteiger charge is -2.37. The number of piperazine rings is 1. The molecule has 3 heterocycles. The summed E-state index contributed by atoms with van der Waals surface area (Å²) in [6.07, 6.45) is 1.70. The SMILES string of the molecule is O=C(CC[C@@H]1CNC(=O)[C@@H]2C[C@H](NC(=S)NCCN3CCOCC3)CN12)NCc1ccc(F)cc1. The van der Waals surface area contributed by atoms with Crippen LogP contribution < -0.4 is 21.3 Å². The van der Waals surface area contributed by atoms with Crippen molar-refractivity contribution in [2.45, 2.75) is 43.9 Å². The van der Waals surface area contributed by atoms with Crippen LogP contribution in [-0.4, -0.2) is 97.3 Å². The molecule has 3 aliphatic rings. The van der Waals surface area contributed by atoms with Crippen molar-refractivity contribution in [1.29, 1.82) is 0 Å². The molecule has 1 aromatic carbocycles. The molecule has 1 aromatic rings. The molecule has 9 nitrogen and oxygen atoms in total. The van der Waals surface area contributed by atoms with Crippen LogP contribution in [0.4, 0.5) is 4.39 Å². The van der Waals surface area contributed by atoms with Gasteiger partial charge in [0.1, 0.15) is 5.82 Å². The van der Waals surface area contributed by atoms with E-state index < -0.39 is 0 Å². The third-order valence-electron chi connectivity index (χ3n) is 6.88. The normalized spacial score (nSPS) is 24.9. The second-order valence-corrected chi connectivity index (χ2v) is 9.75. The number of carbonyl (C=O) groups is 2. The first-order valence-electron chi connectivity index (χ1n) is 12.4. The van der Waals surface area contributed by atoms with Gasteiger partial charge in [-0.05, 0) is 42.8 Å². The molecule has 0 aliphatic carbocycles. The summed E-state index contributed by atoms with van der Waals surface area (Å²) in [5, 5.41) is 13.1. The molecule has 0 unspecified atom stereocenters. The lowest BCUT2D eigenvalue weighted by Crippen LogP contribution is -2.58. The van der Waals surface area contributed by atoms with Crippen molar-refractivity contribution in [1.82, 2.24) is 31.1 Å². The summed E-state index contributed by atoms with van der Waals surface area (Å²) in [5.41, 5.74) is 0.854. The fraction of sp³-hybridized carbons (Fsp3) is 0.625. The average molecular weight is 507 g/mol. The molecule has 0 saturated carbocycles. The first-order chi connectivity index (χ1) is 17.0. The minimum Gasteiger partial charge on any atom is -0.379 e. The predicted octanol–water partition coefficient (Wildman–Crippen LogP) is -0.0403. The fourth-order valence-corrected chi connectivity index (χ4v) is 5.19. The van der Waals surface area contributed by atoms with Crippen molar-refractivity contribution in [3.8, 4) is 0 Å². The Bertz CT molecular complexity index is 883. The van der Waals surface area contributed by atoms with Crippen molar-refractivity contribution >= 4 is 29.1 Å². The molecule has 2 amide bonds. The first kappa shape index (κ1) is 25.7. The Morgan fingerprint density at radius 2 is 1.97 bits per heavy atom. The van der Waals surface area contributed by atoms with Crippen molar-refractivity contribution in [2.75, 3.05) is 52.5 Å². The highest BCUT2D eigenvalue weighted by Gasteiger charge is 2.43. The van der Waals surface area contributed by atoms with E-state index in [9.17, 15) is 14.0 Å². The van der Waals surface area contributed by atoms with Crippen molar-refractivity contribution in [2.24, 2.45) is 0 Å². The van der Waals surface area contributed by atoms with Gasteiger partial charge in [0.2, 0.25) is 11.8 Å². The topological polar surface area (TPSA) is 98.0 Å². The second kappa shape index (κ2) is 12.6. The van der Waals surface area contributed by atoms with Crippen molar-refractivity contribution in [3.63, 3.8) is 0 Å². The van der Waals surface area contributed by atoms with E-state index in [2.05, 4.69) is 31.1 Å². The molecule has 3 atom stereocenters. The lowest BCUT2D eigenvalue weighted by atomic mass is 10.0. The van der Waals surface area contributed by atoms with Gasteiger partial charge in [0, 0.05) is 64.3 Å². The van der Waals surface area contributed by atoms with Crippen LogP contribution in [0.3, 0.4) is 0 Å². The van der Waals surface area contributed by atoms with E-state index in [1.807, 2.05) is 0 Å². The van der Waals surface area contributed by atoms with Crippen LogP contribution in [0.5, 0.6) is 0 Å². The van der Waals surface area contributed by atoms with Gasteiger partial charge >= 0.3 is 0 Å².